The second kappa shape index (κ2) is 6.80. The van der Waals surface area contributed by atoms with Gasteiger partial charge in [-0.25, -0.2) is 0 Å². The van der Waals surface area contributed by atoms with Crippen LogP contribution in [0, 0.1) is 22.7 Å². The quantitative estimate of drug-likeness (QED) is 0.685. The first-order chi connectivity index (χ1) is 9.64. The number of carbonyl (C=O) groups excluding carboxylic acids is 1. The van der Waals surface area contributed by atoms with E-state index in [4.69, 9.17) is 5.11 Å². The van der Waals surface area contributed by atoms with Crippen LogP contribution in [-0.4, -0.2) is 23.5 Å². The molecule has 122 valence electrons. The Labute approximate surface area is 128 Å². The van der Waals surface area contributed by atoms with Crippen LogP contribution in [0.3, 0.4) is 0 Å². The van der Waals surface area contributed by atoms with Crippen LogP contribution in [0.15, 0.2) is 0 Å². The second-order valence-electron chi connectivity index (χ2n) is 7.54. The minimum Gasteiger partial charge on any atom is -0.481 e. The molecule has 0 saturated heterocycles. The van der Waals surface area contributed by atoms with Crippen molar-refractivity contribution in [1.82, 2.24) is 5.32 Å². The molecule has 0 aromatic carbocycles. The highest BCUT2D eigenvalue weighted by Gasteiger charge is 2.68. The Kier molecular flexibility index (Phi) is 5.83. The summed E-state index contributed by atoms with van der Waals surface area (Å²) < 4.78 is 0. The molecule has 4 heteroatoms. The standard InChI is InChI=1S/C17H31NO3/c1-6-7-12(8-9-13(19)20)10-11-18-15(21)14-16(2,3)17(14,4)5/h12,14H,6-11H2,1-5H3,(H,18,21)(H,19,20). The van der Waals surface area contributed by atoms with Crippen molar-refractivity contribution in [3.05, 3.63) is 0 Å². The molecule has 2 N–H and O–H groups in total. The van der Waals surface area contributed by atoms with E-state index in [0.29, 0.717) is 18.9 Å². The van der Waals surface area contributed by atoms with Gasteiger partial charge in [0.15, 0.2) is 0 Å². The molecule has 1 saturated carbocycles. The number of carboxylic acids is 1. The van der Waals surface area contributed by atoms with Crippen molar-refractivity contribution in [3.63, 3.8) is 0 Å². The summed E-state index contributed by atoms with van der Waals surface area (Å²) in [5, 5.41) is 11.8. The monoisotopic (exact) mass is 297 g/mol. The van der Waals surface area contributed by atoms with Crippen molar-refractivity contribution in [3.8, 4) is 0 Å². The maximum atomic E-state index is 12.2. The van der Waals surface area contributed by atoms with Gasteiger partial charge >= 0.3 is 5.97 Å². The zero-order valence-electron chi connectivity index (χ0n) is 14.2. The summed E-state index contributed by atoms with van der Waals surface area (Å²) >= 11 is 0. The number of amides is 1. The lowest BCUT2D eigenvalue weighted by atomic mass is 9.94. The second-order valence-corrected chi connectivity index (χ2v) is 7.54. The smallest absolute Gasteiger partial charge is 0.303 e. The number of hydrogen-bond donors (Lipinski definition) is 2. The minimum absolute atomic E-state index is 0.0726. The summed E-state index contributed by atoms with van der Waals surface area (Å²) in [7, 11) is 0. The molecule has 1 amide bonds. The van der Waals surface area contributed by atoms with Gasteiger partial charge in [-0.05, 0) is 29.6 Å². The molecule has 0 aromatic rings. The van der Waals surface area contributed by atoms with Crippen LogP contribution in [-0.2, 0) is 9.59 Å². The summed E-state index contributed by atoms with van der Waals surface area (Å²) in [6, 6.07) is 0. The maximum Gasteiger partial charge on any atom is 0.303 e. The van der Waals surface area contributed by atoms with Crippen LogP contribution in [0.1, 0.15) is 66.7 Å². The molecule has 1 rings (SSSR count). The molecule has 1 aliphatic carbocycles. The lowest BCUT2D eigenvalue weighted by Crippen LogP contribution is -2.29. The Hall–Kier alpha value is -1.06. The van der Waals surface area contributed by atoms with Gasteiger partial charge in [-0.15, -0.1) is 0 Å². The summed E-state index contributed by atoms with van der Waals surface area (Å²) in [6.07, 6.45) is 3.89. The molecule has 1 unspecified atom stereocenters. The van der Waals surface area contributed by atoms with E-state index in [0.717, 1.165) is 19.3 Å². The first kappa shape index (κ1) is 18.0. The minimum atomic E-state index is -0.735. The van der Waals surface area contributed by atoms with Gasteiger partial charge in [0.1, 0.15) is 0 Å². The zero-order chi connectivity index (χ0) is 16.3. The average Bonchev–Trinajstić information content (AvgIpc) is 2.76. The summed E-state index contributed by atoms with van der Waals surface area (Å²) in [5.74, 6) is -0.0969. The van der Waals surface area contributed by atoms with Crippen molar-refractivity contribution in [2.75, 3.05) is 6.54 Å². The Morgan fingerprint density at radius 2 is 1.67 bits per heavy atom. The molecular weight excluding hydrogens is 266 g/mol. The van der Waals surface area contributed by atoms with Gasteiger partial charge in [-0.2, -0.15) is 0 Å². The third-order valence-corrected chi connectivity index (χ3v) is 5.60. The fraction of sp³-hybridized carbons (Fsp3) is 0.882. The van der Waals surface area contributed by atoms with Crippen LogP contribution in [0.25, 0.3) is 0 Å². The van der Waals surface area contributed by atoms with Crippen LogP contribution < -0.4 is 5.32 Å². The molecule has 0 aliphatic heterocycles. The molecule has 0 bridgehead atoms. The van der Waals surface area contributed by atoms with E-state index in [9.17, 15) is 9.59 Å². The predicted molar refractivity (Wildman–Crippen MR) is 83.9 cm³/mol. The van der Waals surface area contributed by atoms with Gasteiger partial charge in [0.05, 0.1) is 0 Å². The van der Waals surface area contributed by atoms with E-state index in [1.807, 2.05) is 0 Å². The summed E-state index contributed by atoms with van der Waals surface area (Å²) in [5.41, 5.74) is 0.145. The third-order valence-electron chi connectivity index (χ3n) is 5.60. The Balaban J connectivity index is 2.34. The molecular formula is C17H31NO3. The maximum absolute atomic E-state index is 12.2. The average molecular weight is 297 g/mol. The number of hydrogen-bond acceptors (Lipinski definition) is 2. The largest absolute Gasteiger partial charge is 0.481 e. The van der Waals surface area contributed by atoms with Crippen LogP contribution in [0.4, 0.5) is 0 Å². The van der Waals surface area contributed by atoms with E-state index < -0.39 is 5.97 Å². The molecule has 4 nitrogen and oxygen atoms in total. The fourth-order valence-electron chi connectivity index (χ4n) is 3.52. The highest BCUT2D eigenvalue weighted by Crippen LogP contribution is 2.68. The first-order valence-electron chi connectivity index (χ1n) is 8.14. The SMILES string of the molecule is CCCC(CCNC(=O)C1C(C)(C)C1(C)C)CCC(=O)O. The van der Waals surface area contributed by atoms with Gasteiger partial charge in [-0.3, -0.25) is 9.59 Å². The van der Waals surface area contributed by atoms with Gasteiger partial charge in [0, 0.05) is 18.9 Å². The molecule has 0 spiro atoms. The fourth-order valence-corrected chi connectivity index (χ4v) is 3.52. The number of aliphatic carboxylic acids is 1. The van der Waals surface area contributed by atoms with E-state index >= 15 is 0 Å². The van der Waals surface area contributed by atoms with E-state index in [2.05, 4.69) is 39.9 Å². The van der Waals surface area contributed by atoms with Crippen molar-refractivity contribution < 1.29 is 14.7 Å². The van der Waals surface area contributed by atoms with E-state index in [-0.39, 0.29) is 29.1 Å². The summed E-state index contributed by atoms with van der Waals surface area (Å²) in [6.45, 7) is 11.3. The van der Waals surface area contributed by atoms with Crippen molar-refractivity contribution in [2.45, 2.75) is 66.7 Å². The normalized spacial score (nSPS) is 20.8. The van der Waals surface area contributed by atoms with Crippen LogP contribution in [0.5, 0.6) is 0 Å². The van der Waals surface area contributed by atoms with Gasteiger partial charge in [0.25, 0.3) is 0 Å². The summed E-state index contributed by atoms with van der Waals surface area (Å²) in [4.78, 5) is 22.9. The molecule has 1 aliphatic rings. The molecule has 0 heterocycles. The highest BCUT2D eigenvalue weighted by molar-refractivity contribution is 5.84. The Morgan fingerprint density at radius 1 is 1.10 bits per heavy atom. The predicted octanol–water partition coefficient (Wildman–Crippen LogP) is 3.46. The van der Waals surface area contributed by atoms with Gasteiger partial charge in [-0.1, -0.05) is 47.5 Å². The lowest BCUT2D eigenvalue weighted by molar-refractivity contribution is -0.137. The lowest BCUT2D eigenvalue weighted by Gasteiger charge is -2.15. The number of nitrogens with one attached hydrogen (secondary N) is 1. The third kappa shape index (κ3) is 4.21. The topological polar surface area (TPSA) is 66.4 Å². The van der Waals surface area contributed by atoms with Gasteiger partial charge < -0.3 is 10.4 Å². The van der Waals surface area contributed by atoms with E-state index in [1.165, 1.54) is 0 Å². The van der Waals surface area contributed by atoms with Gasteiger partial charge in [0.2, 0.25) is 5.91 Å². The van der Waals surface area contributed by atoms with E-state index in [1.54, 1.807) is 0 Å². The van der Waals surface area contributed by atoms with Crippen molar-refractivity contribution >= 4 is 11.9 Å². The molecule has 21 heavy (non-hydrogen) atoms. The van der Waals surface area contributed by atoms with Crippen molar-refractivity contribution in [1.29, 1.82) is 0 Å². The highest BCUT2D eigenvalue weighted by atomic mass is 16.4. The number of carbonyl (C=O) groups is 2. The van der Waals surface area contributed by atoms with Crippen LogP contribution >= 0.6 is 0 Å². The molecule has 0 aromatic heterocycles. The Bertz CT molecular complexity index is 373. The van der Waals surface area contributed by atoms with Crippen LogP contribution in [0.2, 0.25) is 0 Å². The van der Waals surface area contributed by atoms with Crippen molar-refractivity contribution in [2.24, 2.45) is 22.7 Å². The Morgan fingerprint density at radius 3 is 2.10 bits per heavy atom. The molecule has 0 radical (unpaired) electrons. The zero-order valence-corrected chi connectivity index (χ0v) is 14.2. The number of rotatable bonds is 9. The molecule has 1 atom stereocenters. The first-order valence-corrected chi connectivity index (χ1v) is 8.14. The number of carboxylic acid groups (broad SMARTS) is 1. The molecule has 1 fully saturated rings.